The molecule has 2 aliphatic heterocycles. The minimum absolute atomic E-state index is 0.109. The normalized spacial score (nSPS) is 18.2. The number of ketones is 1. The van der Waals surface area contributed by atoms with Crippen molar-refractivity contribution in [2.45, 2.75) is 6.54 Å². The molecule has 0 spiro atoms. The minimum Gasteiger partial charge on any atom is -0.496 e. The predicted octanol–water partition coefficient (Wildman–Crippen LogP) is 2.59. The Morgan fingerprint density at radius 1 is 1.28 bits per heavy atom. The van der Waals surface area contributed by atoms with E-state index in [0.717, 1.165) is 54.0 Å². The summed E-state index contributed by atoms with van der Waals surface area (Å²) >= 11 is 0. The van der Waals surface area contributed by atoms with Crippen LogP contribution in [-0.2, 0) is 6.54 Å². The number of pyridine rings is 1. The number of allylic oxidation sites excluding steroid dienone is 1. The molecule has 2 N–H and O–H groups in total. The molecule has 0 saturated carbocycles. The van der Waals surface area contributed by atoms with Gasteiger partial charge >= 0.3 is 0 Å². The smallest absolute Gasteiger partial charge is 0.231 e. The molecular formula is C22H22N4O3. The average Bonchev–Trinajstić information content (AvgIpc) is 3.31. The second kappa shape index (κ2) is 7.35. The zero-order chi connectivity index (χ0) is 19.8. The third kappa shape index (κ3) is 3.18. The van der Waals surface area contributed by atoms with Gasteiger partial charge in [0, 0.05) is 67.8 Å². The van der Waals surface area contributed by atoms with Crippen molar-refractivity contribution in [1.82, 2.24) is 20.2 Å². The first-order valence-electron chi connectivity index (χ1n) is 9.73. The lowest BCUT2D eigenvalue weighted by Crippen LogP contribution is -2.43. The number of nitrogens with one attached hydrogen (secondary N) is 2. The molecule has 4 heterocycles. The van der Waals surface area contributed by atoms with Crippen molar-refractivity contribution in [2.75, 3.05) is 33.3 Å². The van der Waals surface area contributed by atoms with E-state index in [4.69, 9.17) is 9.47 Å². The summed E-state index contributed by atoms with van der Waals surface area (Å²) in [7, 11) is 1.65. The van der Waals surface area contributed by atoms with Crippen molar-refractivity contribution in [3.05, 3.63) is 59.2 Å². The van der Waals surface area contributed by atoms with Crippen molar-refractivity contribution in [2.24, 2.45) is 0 Å². The number of carbonyl (C=O) groups is 1. The maximum Gasteiger partial charge on any atom is 0.231 e. The molecule has 0 aliphatic carbocycles. The van der Waals surface area contributed by atoms with Crippen LogP contribution in [0.15, 0.2) is 42.5 Å². The fourth-order valence-corrected chi connectivity index (χ4v) is 3.97. The zero-order valence-corrected chi connectivity index (χ0v) is 16.2. The highest BCUT2D eigenvalue weighted by molar-refractivity contribution is 6.15. The van der Waals surface area contributed by atoms with Crippen molar-refractivity contribution in [3.63, 3.8) is 0 Å². The molecule has 1 saturated heterocycles. The zero-order valence-electron chi connectivity index (χ0n) is 16.2. The predicted molar refractivity (Wildman–Crippen MR) is 110 cm³/mol. The fraction of sp³-hybridized carbons (Fsp3) is 0.273. The lowest BCUT2D eigenvalue weighted by atomic mass is 10.0. The van der Waals surface area contributed by atoms with Gasteiger partial charge < -0.3 is 19.8 Å². The highest BCUT2D eigenvalue weighted by Crippen LogP contribution is 2.40. The van der Waals surface area contributed by atoms with Gasteiger partial charge in [-0.15, -0.1) is 0 Å². The maximum atomic E-state index is 13.0. The van der Waals surface area contributed by atoms with Gasteiger partial charge in [0.15, 0.2) is 5.76 Å². The number of hydrogen-bond acceptors (Lipinski definition) is 6. The Morgan fingerprint density at radius 2 is 2.14 bits per heavy atom. The van der Waals surface area contributed by atoms with E-state index in [1.807, 2.05) is 18.3 Å². The molecule has 0 atom stereocenters. The van der Waals surface area contributed by atoms with Crippen molar-refractivity contribution >= 4 is 22.8 Å². The molecule has 1 aromatic carbocycles. The lowest BCUT2D eigenvalue weighted by Gasteiger charge is -2.28. The number of benzene rings is 1. The Labute approximate surface area is 168 Å². The fourth-order valence-electron chi connectivity index (χ4n) is 3.97. The first-order chi connectivity index (χ1) is 14.2. The number of nitrogens with zero attached hydrogens (tertiary/aromatic N) is 2. The van der Waals surface area contributed by atoms with E-state index in [1.165, 1.54) is 0 Å². The number of aromatic nitrogens is 2. The minimum atomic E-state index is -0.109. The molecule has 29 heavy (non-hydrogen) atoms. The number of H-pyrrole nitrogens is 1. The molecule has 3 aromatic rings. The van der Waals surface area contributed by atoms with Crippen LogP contribution in [0.25, 0.3) is 17.0 Å². The Balaban J connectivity index is 1.52. The lowest BCUT2D eigenvalue weighted by molar-refractivity contribution is 0.101. The van der Waals surface area contributed by atoms with Gasteiger partial charge in [0.2, 0.25) is 5.78 Å². The van der Waals surface area contributed by atoms with E-state index in [1.54, 1.807) is 31.6 Å². The van der Waals surface area contributed by atoms with Gasteiger partial charge in [-0.3, -0.25) is 14.7 Å². The highest BCUT2D eigenvalue weighted by atomic mass is 16.5. The number of aromatic amines is 1. The van der Waals surface area contributed by atoms with Crippen LogP contribution in [0.2, 0.25) is 0 Å². The van der Waals surface area contributed by atoms with E-state index >= 15 is 0 Å². The molecule has 0 radical (unpaired) electrons. The molecule has 7 heteroatoms. The number of piperazine rings is 1. The van der Waals surface area contributed by atoms with Crippen molar-refractivity contribution in [3.8, 4) is 11.5 Å². The van der Waals surface area contributed by atoms with Gasteiger partial charge in [0.1, 0.15) is 11.5 Å². The van der Waals surface area contributed by atoms with Crippen LogP contribution in [-0.4, -0.2) is 53.9 Å². The summed E-state index contributed by atoms with van der Waals surface area (Å²) in [6, 6.07) is 5.55. The summed E-state index contributed by atoms with van der Waals surface area (Å²) in [6.45, 7) is 4.50. The topological polar surface area (TPSA) is 79.5 Å². The third-order valence-electron chi connectivity index (χ3n) is 5.51. The molecule has 2 aliphatic rings. The monoisotopic (exact) mass is 390 g/mol. The molecule has 1 fully saturated rings. The van der Waals surface area contributed by atoms with Crippen molar-refractivity contribution in [1.29, 1.82) is 0 Å². The standard InChI is InChI=1S/C22H22N4O3/c1-28-19-3-2-15-21(27)20(10-14-11-25-18-4-5-24-12-16(14)18)29-22(15)17(19)13-26-8-6-23-7-9-26/h2-5,10-12,23,25H,6-9,13H2,1H3/b20-10-. The molecular weight excluding hydrogens is 368 g/mol. The van der Waals surface area contributed by atoms with Crippen molar-refractivity contribution < 1.29 is 14.3 Å². The molecule has 7 nitrogen and oxygen atoms in total. The van der Waals surface area contributed by atoms with Gasteiger partial charge in [-0.25, -0.2) is 0 Å². The van der Waals surface area contributed by atoms with Gasteiger partial charge in [0.05, 0.1) is 18.2 Å². The second-order valence-electron chi connectivity index (χ2n) is 7.25. The maximum absolute atomic E-state index is 13.0. The van der Waals surface area contributed by atoms with Gasteiger partial charge in [-0.05, 0) is 24.3 Å². The highest BCUT2D eigenvalue weighted by Gasteiger charge is 2.32. The number of rotatable bonds is 4. The molecule has 148 valence electrons. The van der Waals surface area contributed by atoms with E-state index < -0.39 is 0 Å². The van der Waals surface area contributed by atoms with Crippen LogP contribution in [0.5, 0.6) is 11.5 Å². The van der Waals surface area contributed by atoms with Crippen LogP contribution in [0, 0.1) is 0 Å². The molecule has 2 aromatic heterocycles. The summed E-state index contributed by atoms with van der Waals surface area (Å²) in [5.74, 6) is 1.56. The second-order valence-corrected chi connectivity index (χ2v) is 7.25. The quantitative estimate of drug-likeness (QED) is 0.667. The van der Waals surface area contributed by atoms with Crippen LogP contribution >= 0.6 is 0 Å². The Bertz CT molecular complexity index is 1110. The number of fused-ring (bicyclic) bond motifs is 2. The first-order valence-corrected chi connectivity index (χ1v) is 9.73. The summed E-state index contributed by atoms with van der Waals surface area (Å²) in [4.78, 5) is 22.7. The number of ether oxygens (including phenoxy) is 2. The van der Waals surface area contributed by atoms with Crippen LogP contribution in [0.1, 0.15) is 21.5 Å². The van der Waals surface area contributed by atoms with E-state index in [0.29, 0.717) is 23.6 Å². The van der Waals surface area contributed by atoms with Gasteiger partial charge in [-0.2, -0.15) is 0 Å². The first kappa shape index (κ1) is 17.9. The average molecular weight is 390 g/mol. The number of carbonyl (C=O) groups excluding carboxylic acids is 1. The molecule has 5 rings (SSSR count). The summed E-state index contributed by atoms with van der Waals surface area (Å²) in [5, 5.41) is 4.31. The Morgan fingerprint density at radius 3 is 2.97 bits per heavy atom. The van der Waals surface area contributed by atoms with Gasteiger partial charge in [-0.1, -0.05) is 0 Å². The van der Waals surface area contributed by atoms with E-state index in [9.17, 15) is 4.79 Å². The van der Waals surface area contributed by atoms with Crippen LogP contribution in [0.3, 0.4) is 0 Å². The summed E-state index contributed by atoms with van der Waals surface area (Å²) < 4.78 is 11.7. The molecule has 0 bridgehead atoms. The number of Topliss-reactive ketones (excluding diaryl/α,β-unsaturated/α-hetero) is 1. The largest absolute Gasteiger partial charge is 0.496 e. The van der Waals surface area contributed by atoms with E-state index in [2.05, 4.69) is 20.2 Å². The number of methoxy groups -OCH3 is 1. The third-order valence-corrected chi connectivity index (χ3v) is 5.51. The summed E-state index contributed by atoms with van der Waals surface area (Å²) in [6.07, 6.45) is 7.16. The Hall–Kier alpha value is -3.16. The molecule has 0 unspecified atom stereocenters. The molecule has 0 amide bonds. The van der Waals surface area contributed by atoms with Crippen LogP contribution in [0.4, 0.5) is 0 Å². The Kier molecular flexibility index (Phi) is 4.54. The SMILES string of the molecule is COc1ccc2c(c1CN1CCNCC1)O/C(=C\c1c[nH]c3ccncc13)C2=O. The van der Waals surface area contributed by atoms with Gasteiger partial charge in [0.25, 0.3) is 0 Å². The van der Waals surface area contributed by atoms with E-state index in [-0.39, 0.29) is 5.78 Å². The van der Waals surface area contributed by atoms with Crippen LogP contribution < -0.4 is 14.8 Å². The number of hydrogen-bond donors (Lipinski definition) is 2. The summed E-state index contributed by atoms with van der Waals surface area (Å²) in [5.41, 5.74) is 3.35.